The van der Waals surface area contributed by atoms with Crippen LogP contribution in [0.4, 0.5) is 26.3 Å². The van der Waals surface area contributed by atoms with Gasteiger partial charge in [-0.2, -0.15) is 26.3 Å². The van der Waals surface area contributed by atoms with E-state index in [9.17, 15) is 50.9 Å². The SMILES string of the molecule is CCC(CC(C)(CC(C)(C)C(=O)OC(C)CC(O)(C(F)(F)F)C(F)(F)F)C(=O)OC1(CC)CCCC1)C(=O)O. The Labute approximate surface area is 224 Å². The largest absolute Gasteiger partial charge is 0.481 e. The van der Waals surface area contributed by atoms with E-state index in [1.165, 1.54) is 20.8 Å². The van der Waals surface area contributed by atoms with Gasteiger partial charge in [-0.15, -0.1) is 0 Å². The minimum Gasteiger partial charge on any atom is -0.481 e. The molecular formula is C26H40F6O7. The number of aliphatic carboxylic acids is 1. The summed E-state index contributed by atoms with van der Waals surface area (Å²) in [6, 6.07) is 0. The quantitative estimate of drug-likeness (QED) is 0.194. The van der Waals surface area contributed by atoms with Crippen LogP contribution in [-0.4, -0.2) is 57.8 Å². The van der Waals surface area contributed by atoms with Gasteiger partial charge in [-0.3, -0.25) is 14.4 Å². The van der Waals surface area contributed by atoms with Crippen LogP contribution in [0.1, 0.15) is 99.3 Å². The van der Waals surface area contributed by atoms with Crippen molar-refractivity contribution in [2.24, 2.45) is 16.7 Å². The third-order valence-corrected chi connectivity index (χ3v) is 7.71. The van der Waals surface area contributed by atoms with Crippen molar-refractivity contribution in [1.29, 1.82) is 0 Å². The lowest BCUT2D eigenvalue weighted by Gasteiger charge is -2.39. The molecule has 13 heteroatoms. The second kappa shape index (κ2) is 12.2. The average Bonchev–Trinajstić information content (AvgIpc) is 3.24. The lowest BCUT2D eigenvalue weighted by atomic mass is 9.69. The zero-order valence-electron chi connectivity index (χ0n) is 23.2. The predicted molar refractivity (Wildman–Crippen MR) is 127 cm³/mol. The number of rotatable bonds is 13. The zero-order chi connectivity index (χ0) is 30.7. The Balaban J connectivity index is 3.23. The lowest BCUT2D eigenvalue weighted by molar-refractivity contribution is -0.373. The number of hydrogen-bond acceptors (Lipinski definition) is 6. The smallest absolute Gasteiger partial charge is 0.426 e. The van der Waals surface area contributed by atoms with Crippen LogP contribution in [-0.2, 0) is 23.9 Å². The number of alkyl halides is 6. The highest BCUT2D eigenvalue weighted by atomic mass is 19.4. The fourth-order valence-corrected chi connectivity index (χ4v) is 5.28. The first-order chi connectivity index (χ1) is 17.5. The van der Waals surface area contributed by atoms with Gasteiger partial charge in [-0.25, -0.2) is 0 Å². The number of carbonyl (C=O) groups excluding carboxylic acids is 2. The molecule has 0 heterocycles. The van der Waals surface area contributed by atoms with Crippen molar-refractivity contribution in [3.63, 3.8) is 0 Å². The molecule has 1 saturated carbocycles. The molecule has 3 unspecified atom stereocenters. The molecular weight excluding hydrogens is 538 g/mol. The molecule has 0 amide bonds. The van der Waals surface area contributed by atoms with E-state index in [1.807, 2.05) is 6.92 Å². The van der Waals surface area contributed by atoms with Crippen LogP contribution in [0.2, 0.25) is 0 Å². The Morgan fingerprint density at radius 3 is 1.77 bits per heavy atom. The zero-order valence-corrected chi connectivity index (χ0v) is 23.2. The van der Waals surface area contributed by atoms with E-state index < -0.39 is 70.7 Å². The molecule has 1 aliphatic carbocycles. The monoisotopic (exact) mass is 578 g/mol. The molecule has 2 N–H and O–H groups in total. The summed E-state index contributed by atoms with van der Waals surface area (Å²) in [7, 11) is 0. The molecule has 1 fully saturated rings. The molecule has 1 aliphatic rings. The van der Waals surface area contributed by atoms with E-state index in [0.29, 0.717) is 19.3 Å². The molecule has 0 saturated heterocycles. The summed E-state index contributed by atoms with van der Waals surface area (Å²) in [5.41, 5.74) is -9.04. The summed E-state index contributed by atoms with van der Waals surface area (Å²) in [6.07, 6.45) is -13.1. The molecule has 39 heavy (non-hydrogen) atoms. The van der Waals surface area contributed by atoms with Crippen LogP contribution >= 0.6 is 0 Å². The van der Waals surface area contributed by atoms with Crippen molar-refractivity contribution < 1.29 is 60.4 Å². The van der Waals surface area contributed by atoms with Gasteiger partial charge >= 0.3 is 30.3 Å². The van der Waals surface area contributed by atoms with E-state index in [1.54, 1.807) is 6.92 Å². The number of carbonyl (C=O) groups is 3. The number of halogens is 6. The second-order valence-electron chi connectivity index (χ2n) is 11.7. The van der Waals surface area contributed by atoms with Crippen LogP contribution in [0.25, 0.3) is 0 Å². The van der Waals surface area contributed by atoms with Gasteiger partial charge in [-0.1, -0.05) is 13.8 Å². The van der Waals surface area contributed by atoms with Crippen LogP contribution in [0.3, 0.4) is 0 Å². The molecule has 3 atom stereocenters. The summed E-state index contributed by atoms with van der Waals surface area (Å²) in [4.78, 5) is 38.3. The minimum atomic E-state index is -6.08. The van der Waals surface area contributed by atoms with Gasteiger partial charge in [0.05, 0.1) is 16.7 Å². The third-order valence-electron chi connectivity index (χ3n) is 7.71. The van der Waals surface area contributed by atoms with Crippen LogP contribution < -0.4 is 0 Å². The minimum absolute atomic E-state index is 0.159. The maximum absolute atomic E-state index is 13.5. The third kappa shape index (κ3) is 8.23. The predicted octanol–water partition coefficient (Wildman–Crippen LogP) is 6.35. The topological polar surface area (TPSA) is 110 Å². The van der Waals surface area contributed by atoms with Gasteiger partial charge in [-0.05, 0) is 79.1 Å². The van der Waals surface area contributed by atoms with E-state index in [0.717, 1.165) is 19.8 Å². The highest BCUT2D eigenvalue weighted by Gasteiger charge is 2.70. The maximum Gasteiger partial charge on any atom is 0.426 e. The van der Waals surface area contributed by atoms with Crippen molar-refractivity contribution in [2.45, 2.75) is 129 Å². The number of ether oxygens (including phenoxy) is 2. The highest BCUT2D eigenvalue weighted by Crippen LogP contribution is 2.47. The first kappa shape index (κ1) is 35.0. The summed E-state index contributed by atoms with van der Waals surface area (Å²) in [5.74, 6) is -4.10. The Kier molecular flexibility index (Phi) is 11.0. The maximum atomic E-state index is 13.5. The van der Waals surface area contributed by atoms with Crippen molar-refractivity contribution in [3.8, 4) is 0 Å². The number of carboxylic acid groups (broad SMARTS) is 1. The summed E-state index contributed by atoms with van der Waals surface area (Å²) < 4.78 is 89.3. The number of hydrogen-bond donors (Lipinski definition) is 2. The lowest BCUT2D eigenvalue weighted by Crippen LogP contribution is -2.58. The molecule has 228 valence electrons. The van der Waals surface area contributed by atoms with E-state index in [4.69, 9.17) is 9.47 Å². The van der Waals surface area contributed by atoms with Gasteiger partial charge in [0.15, 0.2) is 0 Å². The summed E-state index contributed by atoms with van der Waals surface area (Å²) >= 11 is 0. The van der Waals surface area contributed by atoms with Crippen LogP contribution in [0, 0.1) is 16.7 Å². The molecule has 0 bridgehead atoms. The van der Waals surface area contributed by atoms with Crippen LogP contribution in [0.5, 0.6) is 0 Å². The normalized spacial score (nSPS) is 19.6. The van der Waals surface area contributed by atoms with Gasteiger partial charge in [0.1, 0.15) is 11.7 Å². The highest BCUT2D eigenvalue weighted by molar-refractivity contribution is 5.81. The summed E-state index contributed by atoms with van der Waals surface area (Å²) in [6.45, 7) is 8.27. The molecule has 0 aromatic carbocycles. The van der Waals surface area contributed by atoms with Gasteiger partial charge in [0, 0.05) is 6.42 Å². The van der Waals surface area contributed by atoms with E-state index >= 15 is 0 Å². The van der Waals surface area contributed by atoms with Crippen molar-refractivity contribution >= 4 is 17.9 Å². The molecule has 0 aromatic heterocycles. The van der Waals surface area contributed by atoms with Crippen LogP contribution in [0.15, 0.2) is 0 Å². The van der Waals surface area contributed by atoms with E-state index in [2.05, 4.69) is 0 Å². The van der Waals surface area contributed by atoms with Crippen molar-refractivity contribution in [3.05, 3.63) is 0 Å². The summed E-state index contributed by atoms with van der Waals surface area (Å²) in [5, 5.41) is 19.0. The molecule has 0 aliphatic heterocycles. The Morgan fingerprint density at radius 2 is 1.38 bits per heavy atom. The van der Waals surface area contributed by atoms with Gasteiger partial charge in [0.2, 0.25) is 0 Å². The Hall–Kier alpha value is -2.05. The van der Waals surface area contributed by atoms with Gasteiger partial charge < -0.3 is 19.7 Å². The number of aliphatic hydroxyl groups is 1. The Morgan fingerprint density at radius 1 is 0.897 bits per heavy atom. The van der Waals surface area contributed by atoms with E-state index in [-0.39, 0.29) is 19.3 Å². The van der Waals surface area contributed by atoms with Crippen molar-refractivity contribution in [2.75, 3.05) is 0 Å². The van der Waals surface area contributed by atoms with Crippen molar-refractivity contribution in [1.82, 2.24) is 0 Å². The number of carboxylic acids is 1. The standard InChI is InChI=1S/C26H40F6O7/c1-7-17(18(33)34)14-22(6,20(36)39-23(8-2)11-9-10-12-23)15-21(4,5)19(35)38-16(3)13-24(37,25(27,28)29)26(30,31)32/h16-17,37H,7-15H2,1-6H3,(H,33,34). The molecule has 0 radical (unpaired) electrons. The molecule has 7 nitrogen and oxygen atoms in total. The second-order valence-corrected chi connectivity index (χ2v) is 11.7. The molecule has 0 aromatic rings. The molecule has 1 rings (SSSR count). The fourth-order valence-electron chi connectivity index (χ4n) is 5.28. The fraction of sp³-hybridized carbons (Fsp3) is 0.885. The first-order valence-corrected chi connectivity index (χ1v) is 13.0. The molecule has 0 spiro atoms. The average molecular weight is 579 g/mol. The number of esters is 2. The Bertz CT molecular complexity index is 863. The first-order valence-electron chi connectivity index (χ1n) is 13.0. The van der Waals surface area contributed by atoms with Gasteiger partial charge in [0.25, 0.3) is 5.60 Å².